The highest BCUT2D eigenvalue weighted by atomic mass is 16.5. The molecule has 1 heterocycles. The Hall–Kier alpha value is -1.43. The van der Waals surface area contributed by atoms with Gasteiger partial charge in [-0.15, -0.1) is 5.10 Å². The smallest absolute Gasteiger partial charge is 0.358 e. The maximum absolute atomic E-state index is 10.6. The van der Waals surface area contributed by atoms with Gasteiger partial charge in [-0.05, 0) is 12.8 Å². The minimum atomic E-state index is -1.05. The molecule has 100 valence electrons. The number of carboxylic acid groups (broad SMARTS) is 1. The molecule has 0 amide bonds. The van der Waals surface area contributed by atoms with E-state index in [0.717, 1.165) is 12.8 Å². The van der Waals surface area contributed by atoms with E-state index < -0.39 is 5.97 Å². The lowest BCUT2D eigenvalue weighted by Gasteiger charge is -2.14. The fourth-order valence-corrected chi connectivity index (χ4v) is 2.23. The van der Waals surface area contributed by atoms with Crippen LogP contribution in [-0.2, 0) is 11.3 Å². The predicted molar refractivity (Wildman–Crippen MR) is 64.4 cm³/mol. The molecule has 0 radical (unpaired) electrons. The van der Waals surface area contributed by atoms with Crippen molar-refractivity contribution in [3.05, 3.63) is 11.9 Å². The van der Waals surface area contributed by atoms with E-state index in [4.69, 9.17) is 9.84 Å². The highest BCUT2D eigenvalue weighted by molar-refractivity contribution is 5.84. The van der Waals surface area contributed by atoms with Crippen LogP contribution in [0.5, 0.6) is 0 Å². The molecule has 1 N–H and O–H groups in total. The number of aromatic carboxylic acids is 1. The Kier molecular flexibility index (Phi) is 4.69. The molecular weight excluding hydrogens is 234 g/mol. The van der Waals surface area contributed by atoms with Crippen LogP contribution in [0.25, 0.3) is 0 Å². The van der Waals surface area contributed by atoms with Gasteiger partial charge in [0.2, 0.25) is 0 Å². The average molecular weight is 253 g/mol. The quantitative estimate of drug-likeness (QED) is 0.808. The van der Waals surface area contributed by atoms with Gasteiger partial charge in [0.25, 0.3) is 0 Å². The molecule has 0 aliphatic heterocycles. The minimum Gasteiger partial charge on any atom is -0.476 e. The SMILES string of the molecule is O=C(O)c1cn(CCOC2CCCCCC2)nn1. The maximum Gasteiger partial charge on any atom is 0.358 e. The number of carbonyl (C=O) groups is 1. The zero-order chi connectivity index (χ0) is 12.8. The number of nitrogens with zero attached hydrogens (tertiary/aromatic N) is 3. The van der Waals surface area contributed by atoms with E-state index >= 15 is 0 Å². The normalized spacial score (nSPS) is 17.6. The molecule has 6 heteroatoms. The number of aromatic nitrogens is 3. The summed E-state index contributed by atoms with van der Waals surface area (Å²) >= 11 is 0. The number of hydrogen-bond donors (Lipinski definition) is 1. The molecule has 6 nitrogen and oxygen atoms in total. The summed E-state index contributed by atoms with van der Waals surface area (Å²) in [7, 11) is 0. The summed E-state index contributed by atoms with van der Waals surface area (Å²) in [4.78, 5) is 10.6. The van der Waals surface area contributed by atoms with Crippen molar-refractivity contribution in [2.75, 3.05) is 6.61 Å². The number of hydrogen-bond acceptors (Lipinski definition) is 4. The second-order valence-electron chi connectivity index (χ2n) is 4.66. The monoisotopic (exact) mass is 253 g/mol. The van der Waals surface area contributed by atoms with Crippen LogP contribution in [0, 0.1) is 0 Å². The minimum absolute atomic E-state index is 0.0236. The van der Waals surface area contributed by atoms with E-state index in [1.807, 2.05) is 0 Å². The molecule has 1 aliphatic carbocycles. The van der Waals surface area contributed by atoms with Crippen LogP contribution < -0.4 is 0 Å². The Bertz CT molecular complexity index is 384. The Labute approximate surface area is 106 Å². The summed E-state index contributed by atoms with van der Waals surface area (Å²) < 4.78 is 7.31. The van der Waals surface area contributed by atoms with Gasteiger partial charge in [0, 0.05) is 0 Å². The van der Waals surface area contributed by atoms with Crippen molar-refractivity contribution >= 4 is 5.97 Å². The van der Waals surface area contributed by atoms with E-state index in [1.165, 1.54) is 36.6 Å². The summed E-state index contributed by atoms with van der Waals surface area (Å²) in [6, 6.07) is 0. The zero-order valence-corrected chi connectivity index (χ0v) is 10.4. The number of ether oxygens (including phenoxy) is 1. The molecule has 1 aromatic heterocycles. The van der Waals surface area contributed by atoms with Crippen LogP contribution in [0.3, 0.4) is 0 Å². The van der Waals surface area contributed by atoms with Gasteiger partial charge in [0.1, 0.15) is 0 Å². The second-order valence-corrected chi connectivity index (χ2v) is 4.66. The molecule has 2 rings (SSSR count). The maximum atomic E-state index is 10.6. The summed E-state index contributed by atoms with van der Waals surface area (Å²) in [5.74, 6) is -1.05. The highest BCUT2D eigenvalue weighted by Gasteiger charge is 2.13. The van der Waals surface area contributed by atoms with Crippen LogP contribution in [0.15, 0.2) is 6.20 Å². The lowest BCUT2D eigenvalue weighted by atomic mass is 10.1. The van der Waals surface area contributed by atoms with Crippen molar-refractivity contribution in [2.24, 2.45) is 0 Å². The predicted octanol–water partition coefficient (Wildman–Crippen LogP) is 1.72. The average Bonchev–Trinajstić information content (AvgIpc) is 2.67. The topological polar surface area (TPSA) is 77.2 Å². The Morgan fingerprint density at radius 3 is 2.72 bits per heavy atom. The largest absolute Gasteiger partial charge is 0.476 e. The van der Waals surface area contributed by atoms with E-state index in [0.29, 0.717) is 19.3 Å². The van der Waals surface area contributed by atoms with Gasteiger partial charge in [0.15, 0.2) is 5.69 Å². The molecule has 1 fully saturated rings. The van der Waals surface area contributed by atoms with E-state index in [9.17, 15) is 4.79 Å². The molecule has 1 saturated carbocycles. The van der Waals surface area contributed by atoms with Crippen molar-refractivity contribution in [2.45, 2.75) is 51.2 Å². The molecular formula is C12H19N3O3. The first-order valence-corrected chi connectivity index (χ1v) is 6.51. The standard InChI is InChI=1S/C12H19N3O3/c16-12(17)11-9-15(14-13-11)7-8-18-10-5-3-1-2-4-6-10/h9-10H,1-8H2,(H,16,17). The van der Waals surface area contributed by atoms with Crippen LogP contribution >= 0.6 is 0 Å². The lowest BCUT2D eigenvalue weighted by molar-refractivity contribution is 0.0367. The van der Waals surface area contributed by atoms with Gasteiger partial charge in [-0.2, -0.15) is 0 Å². The van der Waals surface area contributed by atoms with Gasteiger partial charge >= 0.3 is 5.97 Å². The van der Waals surface area contributed by atoms with Crippen LogP contribution in [-0.4, -0.2) is 38.8 Å². The lowest BCUT2D eigenvalue weighted by Crippen LogP contribution is -2.16. The third-order valence-corrected chi connectivity index (χ3v) is 3.23. The molecule has 0 saturated heterocycles. The Morgan fingerprint density at radius 1 is 1.39 bits per heavy atom. The molecule has 0 aromatic carbocycles. The molecule has 18 heavy (non-hydrogen) atoms. The zero-order valence-electron chi connectivity index (χ0n) is 10.4. The second kappa shape index (κ2) is 6.49. The highest BCUT2D eigenvalue weighted by Crippen LogP contribution is 2.19. The van der Waals surface area contributed by atoms with Crippen molar-refractivity contribution < 1.29 is 14.6 Å². The van der Waals surface area contributed by atoms with Gasteiger partial charge in [-0.3, -0.25) is 0 Å². The number of carboxylic acids is 1. The fourth-order valence-electron chi connectivity index (χ4n) is 2.23. The van der Waals surface area contributed by atoms with Crippen molar-refractivity contribution in [3.63, 3.8) is 0 Å². The van der Waals surface area contributed by atoms with Gasteiger partial charge in [-0.25, -0.2) is 9.48 Å². The Balaban J connectivity index is 1.72. The first-order valence-electron chi connectivity index (χ1n) is 6.51. The molecule has 0 spiro atoms. The van der Waals surface area contributed by atoms with Gasteiger partial charge < -0.3 is 9.84 Å². The molecule has 0 bridgehead atoms. The third-order valence-electron chi connectivity index (χ3n) is 3.23. The Morgan fingerprint density at radius 2 is 2.11 bits per heavy atom. The van der Waals surface area contributed by atoms with E-state index in [1.54, 1.807) is 0 Å². The summed E-state index contributed by atoms with van der Waals surface area (Å²) in [6.45, 7) is 1.11. The van der Waals surface area contributed by atoms with Crippen LogP contribution in [0.4, 0.5) is 0 Å². The number of rotatable bonds is 5. The van der Waals surface area contributed by atoms with Crippen molar-refractivity contribution in [1.29, 1.82) is 0 Å². The fraction of sp³-hybridized carbons (Fsp3) is 0.750. The third kappa shape index (κ3) is 3.80. The molecule has 0 atom stereocenters. The summed E-state index contributed by atoms with van der Waals surface area (Å²) in [6.07, 6.45) is 9.17. The van der Waals surface area contributed by atoms with Crippen molar-refractivity contribution in [3.8, 4) is 0 Å². The van der Waals surface area contributed by atoms with Gasteiger partial charge in [-0.1, -0.05) is 30.9 Å². The van der Waals surface area contributed by atoms with E-state index in [2.05, 4.69) is 10.3 Å². The van der Waals surface area contributed by atoms with Crippen LogP contribution in [0.2, 0.25) is 0 Å². The molecule has 0 unspecified atom stereocenters. The summed E-state index contributed by atoms with van der Waals surface area (Å²) in [5, 5.41) is 16.0. The van der Waals surface area contributed by atoms with E-state index in [-0.39, 0.29) is 5.69 Å². The summed E-state index contributed by atoms with van der Waals surface area (Å²) in [5.41, 5.74) is -0.0236. The molecule has 1 aliphatic rings. The van der Waals surface area contributed by atoms with Gasteiger partial charge in [0.05, 0.1) is 25.5 Å². The van der Waals surface area contributed by atoms with Crippen LogP contribution in [0.1, 0.15) is 49.0 Å². The first-order chi connectivity index (χ1) is 8.75. The molecule has 1 aromatic rings. The van der Waals surface area contributed by atoms with Crippen molar-refractivity contribution in [1.82, 2.24) is 15.0 Å². The first kappa shape index (κ1) is 13.0.